The lowest BCUT2D eigenvalue weighted by atomic mass is 9.63. The summed E-state index contributed by atoms with van der Waals surface area (Å²) in [6, 6.07) is 0. The van der Waals surface area contributed by atoms with Crippen LogP contribution >= 0.6 is 0 Å². The Hall–Kier alpha value is -0.0400. The van der Waals surface area contributed by atoms with Crippen molar-refractivity contribution >= 4 is 0 Å². The van der Waals surface area contributed by atoms with Gasteiger partial charge in [-0.1, -0.05) is 20.3 Å². The standard InChI is InChI=1S/C8H16O/c1-7(2)8(6-9)4-3-5-8/h7,9H,3-6H2,1-2H3. The maximum Gasteiger partial charge on any atom is 0.0489 e. The van der Waals surface area contributed by atoms with E-state index in [2.05, 4.69) is 13.8 Å². The van der Waals surface area contributed by atoms with E-state index in [1.807, 2.05) is 0 Å². The fourth-order valence-electron chi connectivity index (χ4n) is 1.55. The second-order valence-electron chi connectivity index (χ2n) is 3.53. The summed E-state index contributed by atoms with van der Waals surface area (Å²) < 4.78 is 0. The Morgan fingerprint density at radius 3 is 2.00 bits per heavy atom. The van der Waals surface area contributed by atoms with Gasteiger partial charge < -0.3 is 5.11 Å². The van der Waals surface area contributed by atoms with Crippen molar-refractivity contribution < 1.29 is 5.11 Å². The molecule has 9 heavy (non-hydrogen) atoms. The topological polar surface area (TPSA) is 20.2 Å². The van der Waals surface area contributed by atoms with Crippen molar-refractivity contribution in [1.82, 2.24) is 0 Å². The van der Waals surface area contributed by atoms with Crippen LogP contribution in [0.15, 0.2) is 0 Å². The third kappa shape index (κ3) is 0.983. The lowest BCUT2D eigenvalue weighted by Crippen LogP contribution is -2.38. The van der Waals surface area contributed by atoms with Crippen LogP contribution in [0.1, 0.15) is 33.1 Å². The van der Waals surface area contributed by atoms with Crippen molar-refractivity contribution in [3.63, 3.8) is 0 Å². The van der Waals surface area contributed by atoms with Crippen LogP contribution in [0.4, 0.5) is 0 Å². The number of hydrogen-bond donors (Lipinski definition) is 1. The van der Waals surface area contributed by atoms with Crippen LogP contribution in [0.3, 0.4) is 0 Å². The third-order valence-electron chi connectivity index (χ3n) is 2.89. The van der Waals surface area contributed by atoms with Gasteiger partial charge in [0.2, 0.25) is 0 Å². The van der Waals surface area contributed by atoms with Gasteiger partial charge in [-0.3, -0.25) is 0 Å². The first-order chi connectivity index (χ1) is 4.21. The molecule has 0 spiro atoms. The maximum atomic E-state index is 9.01. The molecule has 1 fully saturated rings. The summed E-state index contributed by atoms with van der Waals surface area (Å²) in [5, 5.41) is 9.01. The summed E-state index contributed by atoms with van der Waals surface area (Å²) in [7, 11) is 0. The fourth-order valence-corrected chi connectivity index (χ4v) is 1.55. The van der Waals surface area contributed by atoms with E-state index in [4.69, 9.17) is 5.11 Å². The summed E-state index contributed by atoms with van der Waals surface area (Å²) in [6.07, 6.45) is 3.79. The van der Waals surface area contributed by atoms with Gasteiger partial charge in [-0.2, -0.15) is 0 Å². The highest BCUT2D eigenvalue weighted by molar-refractivity contribution is 4.89. The van der Waals surface area contributed by atoms with E-state index >= 15 is 0 Å². The van der Waals surface area contributed by atoms with Crippen LogP contribution in [0.25, 0.3) is 0 Å². The SMILES string of the molecule is CC(C)C1(CO)CCC1. The summed E-state index contributed by atoms with van der Waals surface area (Å²) in [5.74, 6) is 0.663. The molecule has 54 valence electrons. The minimum atomic E-state index is 0.319. The smallest absolute Gasteiger partial charge is 0.0489 e. The van der Waals surface area contributed by atoms with Gasteiger partial charge in [0.1, 0.15) is 0 Å². The number of rotatable bonds is 2. The van der Waals surface area contributed by atoms with Crippen molar-refractivity contribution in [3.8, 4) is 0 Å². The summed E-state index contributed by atoms with van der Waals surface area (Å²) in [5.41, 5.74) is 0.319. The Balaban J connectivity index is 2.46. The average molecular weight is 128 g/mol. The van der Waals surface area contributed by atoms with Crippen molar-refractivity contribution in [2.24, 2.45) is 11.3 Å². The number of aliphatic hydroxyl groups excluding tert-OH is 1. The predicted molar refractivity (Wildman–Crippen MR) is 38.2 cm³/mol. The lowest BCUT2D eigenvalue weighted by Gasteiger charge is -2.44. The molecule has 1 aliphatic carbocycles. The molecule has 0 aromatic rings. The van der Waals surface area contributed by atoms with Crippen LogP contribution in [-0.2, 0) is 0 Å². The highest BCUT2D eigenvalue weighted by atomic mass is 16.3. The Bertz CT molecular complexity index is 87.2. The Morgan fingerprint density at radius 2 is 2.00 bits per heavy atom. The summed E-state index contributed by atoms with van der Waals surface area (Å²) >= 11 is 0. The van der Waals surface area contributed by atoms with Crippen LogP contribution in [0, 0.1) is 11.3 Å². The quantitative estimate of drug-likeness (QED) is 0.601. The molecule has 1 N–H and O–H groups in total. The average Bonchev–Trinajstić information content (AvgIpc) is 1.62. The van der Waals surface area contributed by atoms with Crippen molar-refractivity contribution in [3.05, 3.63) is 0 Å². The van der Waals surface area contributed by atoms with Crippen LogP contribution in [0.2, 0.25) is 0 Å². The van der Waals surface area contributed by atoms with Gasteiger partial charge in [0.05, 0.1) is 0 Å². The third-order valence-corrected chi connectivity index (χ3v) is 2.89. The second kappa shape index (κ2) is 2.30. The molecule has 1 heteroatoms. The molecule has 0 radical (unpaired) electrons. The molecule has 0 unspecified atom stereocenters. The zero-order chi connectivity index (χ0) is 6.91. The molecule has 1 rings (SSSR count). The molecule has 1 saturated carbocycles. The monoisotopic (exact) mass is 128 g/mol. The van der Waals surface area contributed by atoms with E-state index in [-0.39, 0.29) is 0 Å². The van der Waals surface area contributed by atoms with Crippen molar-refractivity contribution in [2.75, 3.05) is 6.61 Å². The zero-order valence-corrected chi connectivity index (χ0v) is 6.35. The Morgan fingerprint density at radius 1 is 1.44 bits per heavy atom. The first-order valence-electron chi connectivity index (χ1n) is 3.82. The molecule has 0 aliphatic heterocycles. The lowest BCUT2D eigenvalue weighted by molar-refractivity contribution is 0.000514. The largest absolute Gasteiger partial charge is 0.396 e. The molecule has 0 saturated heterocycles. The highest BCUT2D eigenvalue weighted by Crippen LogP contribution is 2.46. The minimum Gasteiger partial charge on any atom is -0.396 e. The molecule has 0 amide bonds. The molecule has 0 aromatic carbocycles. The van der Waals surface area contributed by atoms with Gasteiger partial charge in [0.25, 0.3) is 0 Å². The maximum absolute atomic E-state index is 9.01. The Labute approximate surface area is 57.1 Å². The molecule has 0 atom stereocenters. The molecular formula is C8H16O. The second-order valence-corrected chi connectivity index (χ2v) is 3.53. The minimum absolute atomic E-state index is 0.319. The van der Waals surface area contributed by atoms with E-state index in [1.165, 1.54) is 19.3 Å². The van der Waals surface area contributed by atoms with E-state index < -0.39 is 0 Å². The highest BCUT2D eigenvalue weighted by Gasteiger charge is 2.38. The van der Waals surface area contributed by atoms with Gasteiger partial charge >= 0.3 is 0 Å². The molecule has 0 aromatic heterocycles. The van der Waals surface area contributed by atoms with Gasteiger partial charge in [-0.25, -0.2) is 0 Å². The summed E-state index contributed by atoms with van der Waals surface area (Å²) in [4.78, 5) is 0. The van der Waals surface area contributed by atoms with E-state index in [1.54, 1.807) is 0 Å². The Kier molecular flexibility index (Phi) is 1.80. The van der Waals surface area contributed by atoms with Gasteiger partial charge in [0.15, 0.2) is 0 Å². The molecule has 1 aliphatic rings. The number of aliphatic hydroxyl groups is 1. The van der Waals surface area contributed by atoms with Gasteiger partial charge in [0, 0.05) is 6.61 Å². The number of hydrogen-bond acceptors (Lipinski definition) is 1. The van der Waals surface area contributed by atoms with Crippen LogP contribution < -0.4 is 0 Å². The van der Waals surface area contributed by atoms with Gasteiger partial charge in [-0.05, 0) is 24.2 Å². The normalized spacial score (nSPS) is 24.0. The summed E-state index contributed by atoms with van der Waals surface area (Å²) in [6.45, 7) is 4.80. The first kappa shape index (κ1) is 7.07. The van der Waals surface area contributed by atoms with E-state index in [0.29, 0.717) is 17.9 Å². The van der Waals surface area contributed by atoms with Gasteiger partial charge in [-0.15, -0.1) is 0 Å². The van der Waals surface area contributed by atoms with Crippen LogP contribution in [-0.4, -0.2) is 11.7 Å². The van der Waals surface area contributed by atoms with E-state index in [0.717, 1.165) is 0 Å². The van der Waals surface area contributed by atoms with Crippen molar-refractivity contribution in [2.45, 2.75) is 33.1 Å². The fraction of sp³-hybridized carbons (Fsp3) is 1.00. The van der Waals surface area contributed by atoms with Crippen LogP contribution in [0.5, 0.6) is 0 Å². The molecule has 1 nitrogen and oxygen atoms in total. The zero-order valence-electron chi connectivity index (χ0n) is 6.35. The molecular weight excluding hydrogens is 112 g/mol. The molecule has 0 bridgehead atoms. The van der Waals surface area contributed by atoms with E-state index in [9.17, 15) is 0 Å². The molecule has 0 heterocycles. The predicted octanol–water partition coefficient (Wildman–Crippen LogP) is 1.80. The first-order valence-corrected chi connectivity index (χ1v) is 3.82. The van der Waals surface area contributed by atoms with Crippen molar-refractivity contribution in [1.29, 1.82) is 0 Å².